The summed E-state index contributed by atoms with van der Waals surface area (Å²) in [4.78, 5) is 0. The molecule has 0 radical (unpaired) electrons. The molecule has 1 aromatic carbocycles. The quantitative estimate of drug-likeness (QED) is 0.716. The number of anilines is 1. The zero-order valence-corrected chi connectivity index (χ0v) is 13.3. The molecule has 1 saturated carbocycles. The maximum atomic E-state index is 13.1. The van der Waals surface area contributed by atoms with Crippen LogP contribution >= 0.6 is 11.6 Å². The molecule has 8 heteroatoms. The molecule has 0 aliphatic heterocycles. The van der Waals surface area contributed by atoms with E-state index in [4.69, 9.17) is 11.6 Å². The molecule has 0 spiro atoms. The summed E-state index contributed by atoms with van der Waals surface area (Å²) in [7, 11) is -2.25. The third-order valence-electron chi connectivity index (χ3n) is 3.24. The standard InChI is InChI=1S/C13H19ClFN3O2S/c1-18(8-2-7-16-11-4-5-11)21(19,20)17-13-9-10(15)3-6-12(13)14/h3,6,9,11,16-17H,2,4-5,7-8H2,1H3. The predicted molar refractivity (Wildman–Crippen MR) is 82.2 cm³/mol. The highest BCUT2D eigenvalue weighted by Gasteiger charge is 2.21. The van der Waals surface area contributed by atoms with Gasteiger partial charge in [0.2, 0.25) is 0 Å². The second-order valence-corrected chi connectivity index (χ2v) is 7.32. The fraction of sp³-hybridized carbons (Fsp3) is 0.538. The van der Waals surface area contributed by atoms with E-state index in [9.17, 15) is 12.8 Å². The first-order chi connectivity index (χ1) is 9.88. The lowest BCUT2D eigenvalue weighted by atomic mass is 10.3. The summed E-state index contributed by atoms with van der Waals surface area (Å²) in [6.45, 7) is 1.16. The van der Waals surface area contributed by atoms with Crippen LogP contribution in [-0.4, -0.2) is 38.9 Å². The Morgan fingerprint density at radius 2 is 2.14 bits per heavy atom. The molecule has 0 saturated heterocycles. The van der Waals surface area contributed by atoms with E-state index in [1.165, 1.54) is 36.3 Å². The first-order valence-corrected chi connectivity index (χ1v) is 8.63. The van der Waals surface area contributed by atoms with Crippen LogP contribution in [0.1, 0.15) is 19.3 Å². The molecule has 0 bridgehead atoms. The zero-order valence-electron chi connectivity index (χ0n) is 11.8. The molecule has 0 heterocycles. The average Bonchev–Trinajstić information content (AvgIpc) is 3.22. The van der Waals surface area contributed by atoms with Crippen molar-refractivity contribution < 1.29 is 12.8 Å². The van der Waals surface area contributed by atoms with Gasteiger partial charge in [0.15, 0.2) is 0 Å². The molecule has 1 fully saturated rings. The Kier molecular flexibility index (Phi) is 5.43. The lowest BCUT2D eigenvalue weighted by molar-refractivity contribution is 0.458. The summed E-state index contributed by atoms with van der Waals surface area (Å²) in [6, 6.07) is 4.15. The van der Waals surface area contributed by atoms with Gasteiger partial charge in [0, 0.05) is 19.6 Å². The Morgan fingerprint density at radius 3 is 2.81 bits per heavy atom. The molecule has 2 rings (SSSR count). The van der Waals surface area contributed by atoms with E-state index in [2.05, 4.69) is 10.0 Å². The van der Waals surface area contributed by atoms with Gasteiger partial charge < -0.3 is 5.32 Å². The Bertz CT molecular complexity index is 593. The molecule has 0 unspecified atom stereocenters. The average molecular weight is 336 g/mol. The van der Waals surface area contributed by atoms with Crippen molar-refractivity contribution in [3.63, 3.8) is 0 Å². The minimum atomic E-state index is -3.73. The van der Waals surface area contributed by atoms with E-state index in [1.54, 1.807) is 0 Å². The summed E-state index contributed by atoms with van der Waals surface area (Å²) < 4.78 is 40.9. The van der Waals surface area contributed by atoms with Gasteiger partial charge in [-0.3, -0.25) is 4.72 Å². The van der Waals surface area contributed by atoms with Crippen LogP contribution < -0.4 is 10.0 Å². The van der Waals surface area contributed by atoms with Crippen LogP contribution in [0.15, 0.2) is 18.2 Å². The van der Waals surface area contributed by atoms with Gasteiger partial charge in [-0.1, -0.05) is 11.6 Å². The van der Waals surface area contributed by atoms with Gasteiger partial charge in [-0.15, -0.1) is 0 Å². The Morgan fingerprint density at radius 1 is 1.43 bits per heavy atom. The number of nitrogens with zero attached hydrogens (tertiary/aromatic N) is 1. The summed E-state index contributed by atoms with van der Waals surface area (Å²) in [5.41, 5.74) is 0.0413. The second kappa shape index (κ2) is 6.91. The summed E-state index contributed by atoms with van der Waals surface area (Å²) in [5.74, 6) is -0.548. The van der Waals surface area contributed by atoms with Crippen LogP contribution in [0.25, 0.3) is 0 Å². The van der Waals surface area contributed by atoms with Crippen molar-refractivity contribution >= 4 is 27.5 Å². The smallest absolute Gasteiger partial charge is 0.301 e. The third-order valence-corrected chi connectivity index (χ3v) is 5.05. The van der Waals surface area contributed by atoms with Crippen LogP contribution in [0.2, 0.25) is 5.02 Å². The van der Waals surface area contributed by atoms with E-state index in [0.29, 0.717) is 19.0 Å². The van der Waals surface area contributed by atoms with Crippen LogP contribution in [0.5, 0.6) is 0 Å². The van der Waals surface area contributed by atoms with Gasteiger partial charge in [0.05, 0.1) is 10.7 Å². The molecule has 21 heavy (non-hydrogen) atoms. The van der Waals surface area contributed by atoms with E-state index >= 15 is 0 Å². The molecule has 1 aliphatic carbocycles. The SMILES string of the molecule is CN(CCCNC1CC1)S(=O)(=O)Nc1cc(F)ccc1Cl. The topological polar surface area (TPSA) is 61.4 Å². The monoisotopic (exact) mass is 335 g/mol. The molecule has 118 valence electrons. The summed E-state index contributed by atoms with van der Waals surface area (Å²) >= 11 is 5.85. The molecular formula is C13H19ClFN3O2S. The van der Waals surface area contributed by atoms with Gasteiger partial charge in [0.1, 0.15) is 5.82 Å². The Balaban J connectivity index is 1.88. The summed E-state index contributed by atoms with van der Waals surface area (Å²) in [5, 5.41) is 3.47. The third kappa shape index (κ3) is 5.10. The van der Waals surface area contributed by atoms with Crippen LogP contribution in [-0.2, 0) is 10.2 Å². The molecule has 1 aromatic rings. The first-order valence-electron chi connectivity index (χ1n) is 6.81. The largest absolute Gasteiger partial charge is 0.314 e. The zero-order chi connectivity index (χ0) is 15.5. The molecule has 2 N–H and O–H groups in total. The van der Waals surface area contributed by atoms with Crippen LogP contribution in [0, 0.1) is 5.82 Å². The van der Waals surface area contributed by atoms with Crippen LogP contribution in [0.4, 0.5) is 10.1 Å². The second-order valence-electron chi connectivity index (χ2n) is 5.13. The lowest BCUT2D eigenvalue weighted by Gasteiger charge is -2.19. The maximum absolute atomic E-state index is 13.1. The Labute approximate surface area is 129 Å². The molecule has 0 atom stereocenters. The molecule has 5 nitrogen and oxygen atoms in total. The number of benzene rings is 1. The van der Waals surface area contributed by atoms with E-state index in [1.807, 2.05) is 0 Å². The minimum Gasteiger partial charge on any atom is -0.314 e. The first kappa shape index (κ1) is 16.5. The number of rotatable bonds is 8. The molecule has 0 aromatic heterocycles. The normalized spacial score (nSPS) is 15.4. The van der Waals surface area contributed by atoms with Crippen molar-refractivity contribution in [2.75, 3.05) is 24.9 Å². The van der Waals surface area contributed by atoms with Gasteiger partial charge in [-0.05, 0) is 44.0 Å². The highest BCUT2D eigenvalue weighted by Crippen LogP contribution is 2.24. The van der Waals surface area contributed by atoms with Crippen molar-refractivity contribution in [3.05, 3.63) is 29.0 Å². The Hall–Kier alpha value is -0.890. The number of hydrogen-bond donors (Lipinski definition) is 2. The fourth-order valence-electron chi connectivity index (χ4n) is 1.81. The lowest BCUT2D eigenvalue weighted by Crippen LogP contribution is -2.34. The summed E-state index contributed by atoms with van der Waals surface area (Å²) in [6.07, 6.45) is 3.12. The number of hydrogen-bond acceptors (Lipinski definition) is 3. The highest BCUT2D eigenvalue weighted by molar-refractivity contribution is 7.90. The van der Waals surface area contributed by atoms with E-state index in [-0.39, 0.29) is 10.7 Å². The predicted octanol–water partition coefficient (Wildman–Crippen LogP) is 2.21. The van der Waals surface area contributed by atoms with Crippen molar-refractivity contribution in [2.24, 2.45) is 0 Å². The van der Waals surface area contributed by atoms with Gasteiger partial charge in [0.25, 0.3) is 0 Å². The van der Waals surface area contributed by atoms with Crippen LogP contribution in [0.3, 0.4) is 0 Å². The minimum absolute atomic E-state index is 0.0413. The molecule has 1 aliphatic rings. The van der Waals surface area contributed by atoms with E-state index in [0.717, 1.165) is 12.6 Å². The van der Waals surface area contributed by atoms with Crippen molar-refractivity contribution in [2.45, 2.75) is 25.3 Å². The number of halogens is 2. The van der Waals surface area contributed by atoms with Gasteiger partial charge in [-0.25, -0.2) is 4.39 Å². The van der Waals surface area contributed by atoms with Crippen molar-refractivity contribution in [1.29, 1.82) is 0 Å². The van der Waals surface area contributed by atoms with Crippen molar-refractivity contribution in [1.82, 2.24) is 9.62 Å². The van der Waals surface area contributed by atoms with Gasteiger partial charge in [-0.2, -0.15) is 12.7 Å². The highest BCUT2D eigenvalue weighted by atomic mass is 35.5. The van der Waals surface area contributed by atoms with E-state index < -0.39 is 16.0 Å². The van der Waals surface area contributed by atoms with Crippen molar-refractivity contribution in [3.8, 4) is 0 Å². The molecular weight excluding hydrogens is 317 g/mol. The number of nitrogens with one attached hydrogen (secondary N) is 2. The maximum Gasteiger partial charge on any atom is 0.301 e. The molecule has 0 amide bonds. The van der Waals surface area contributed by atoms with Gasteiger partial charge >= 0.3 is 10.2 Å². The fourth-order valence-corrected chi connectivity index (χ4v) is 3.00.